The Morgan fingerprint density at radius 1 is 1.02 bits per heavy atom. The summed E-state index contributed by atoms with van der Waals surface area (Å²) in [5, 5.41) is 30.4. The molecule has 3 aromatic carbocycles. The highest BCUT2D eigenvalue weighted by atomic mass is 35.5. The van der Waals surface area contributed by atoms with Gasteiger partial charge in [-0.1, -0.05) is 71.7 Å². The fourth-order valence-corrected chi connectivity index (χ4v) is 7.36. The maximum absolute atomic E-state index is 15.9. The van der Waals surface area contributed by atoms with Crippen LogP contribution in [-0.2, 0) is 15.0 Å². The number of fused-ring (bicyclic) bond motifs is 2. The van der Waals surface area contributed by atoms with Crippen LogP contribution in [0.5, 0.6) is 0 Å². The first-order chi connectivity index (χ1) is 20.8. The lowest BCUT2D eigenvalue weighted by atomic mass is 9.63. The molecule has 0 bridgehead atoms. The Morgan fingerprint density at radius 2 is 1.70 bits per heavy atom. The molecule has 10 heteroatoms. The van der Waals surface area contributed by atoms with Crippen LogP contribution in [0.1, 0.15) is 60.8 Å². The van der Waals surface area contributed by atoms with Crippen molar-refractivity contribution in [2.45, 2.75) is 61.6 Å². The molecule has 1 amide bonds. The largest absolute Gasteiger partial charge is 0.400 e. The second-order valence-corrected chi connectivity index (χ2v) is 11.8. The summed E-state index contributed by atoms with van der Waals surface area (Å²) in [6.45, 7) is 3.50. The number of aliphatic hydroxyl groups is 2. The zero-order chi connectivity index (χ0) is 31.3. The third-order valence-corrected chi connectivity index (χ3v) is 9.31. The van der Waals surface area contributed by atoms with E-state index in [0.29, 0.717) is 29.1 Å². The smallest absolute Gasteiger partial charge is 0.237 e. The summed E-state index contributed by atoms with van der Waals surface area (Å²) in [5.41, 5.74) is 0.925. The molecule has 226 valence electrons. The second-order valence-electron chi connectivity index (χ2n) is 11.0. The highest BCUT2D eigenvalue weighted by Crippen LogP contribution is 2.60. The van der Waals surface area contributed by atoms with Crippen LogP contribution >= 0.6 is 23.2 Å². The number of rotatable bonds is 5. The minimum Gasteiger partial charge on any atom is -0.400 e. The van der Waals surface area contributed by atoms with Crippen LogP contribution < -0.4 is 10.6 Å². The van der Waals surface area contributed by atoms with Gasteiger partial charge in [-0.15, -0.1) is 0 Å². The van der Waals surface area contributed by atoms with Crippen molar-refractivity contribution in [1.82, 2.24) is 5.32 Å². The van der Waals surface area contributed by atoms with Crippen LogP contribution in [0.25, 0.3) is 0 Å². The Hall–Kier alpha value is -3.32. The summed E-state index contributed by atoms with van der Waals surface area (Å²) in [7, 11) is 1.00. The first-order valence-electron chi connectivity index (χ1n) is 14.1. The van der Waals surface area contributed by atoms with Crippen molar-refractivity contribution in [1.29, 1.82) is 5.26 Å². The molecule has 4 atom stereocenters. The van der Waals surface area contributed by atoms with E-state index in [0.717, 1.165) is 25.5 Å². The normalized spacial score (nSPS) is 27.3. The highest BCUT2D eigenvalue weighted by molar-refractivity contribution is 6.31. The van der Waals surface area contributed by atoms with Gasteiger partial charge in [-0.3, -0.25) is 14.9 Å². The summed E-state index contributed by atoms with van der Waals surface area (Å²) in [5.74, 6) is -1.77. The Balaban J connectivity index is 0.00000102. The molecule has 0 radical (unpaired) electrons. The molecule has 4 N–H and O–H groups in total. The molecule has 4 unspecified atom stereocenters. The first kappa shape index (κ1) is 32.6. The van der Waals surface area contributed by atoms with E-state index in [1.807, 2.05) is 30.3 Å². The van der Waals surface area contributed by atoms with Gasteiger partial charge in [-0.25, -0.2) is 9.65 Å². The molecule has 1 spiro atoms. The number of hydrogen-bond acceptors (Lipinski definition) is 6. The molecule has 1 saturated carbocycles. The van der Waals surface area contributed by atoms with E-state index in [-0.39, 0.29) is 40.7 Å². The van der Waals surface area contributed by atoms with Crippen molar-refractivity contribution >= 4 is 40.6 Å². The predicted molar refractivity (Wildman–Crippen MR) is 164 cm³/mol. The van der Waals surface area contributed by atoms with Gasteiger partial charge in [-0.2, -0.15) is 0 Å². The van der Waals surface area contributed by atoms with Crippen LogP contribution in [0.4, 0.5) is 10.1 Å². The predicted octanol–water partition coefficient (Wildman–Crippen LogP) is 6.08. The number of nitrogens with zero attached hydrogens (tertiary/aromatic N) is 1. The Bertz CT molecular complexity index is 1480. The van der Waals surface area contributed by atoms with Crippen molar-refractivity contribution in [2.75, 3.05) is 12.4 Å². The number of benzene rings is 3. The van der Waals surface area contributed by atoms with E-state index in [1.165, 1.54) is 6.07 Å². The van der Waals surface area contributed by atoms with Crippen molar-refractivity contribution in [3.63, 3.8) is 0 Å². The van der Waals surface area contributed by atoms with Crippen molar-refractivity contribution < 1.29 is 24.2 Å². The molecule has 3 aliphatic rings. The Kier molecular flexibility index (Phi) is 10.6. The fraction of sp³-hybridized carbons (Fsp3) is 0.364. The van der Waals surface area contributed by atoms with Gasteiger partial charge in [0.2, 0.25) is 5.91 Å². The SMILES string of the molecule is C#N.CO.O=C(CC1CCC(O)CC1)C1NC(c2ccccc2)C2(C(=O)Nc3cc(Cl)ccc32)C1c1cccc(Cl)c1F. The lowest BCUT2D eigenvalue weighted by Gasteiger charge is -2.36. The summed E-state index contributed by atoms with van der Waals surface area (Å²) in [6, 6.07) is 18.0. The average Bonchev–Trinajstić information content (AvgIpc) is 3.53. The molecule has 3 aromatic rings. The number of amides is 1. The number of nitrogens with one attached hydrogen (secondary N) is 2. The second kappa shape index (κ2) is 14.0. The minimum atomic E-state index is -1.34. The fourth-order valence-electron chi connectivity index (χ4n) is 7.00. The molecule has 2 fully saturated rings. The van der Waals surface area contributed by atoms with Gasteiger partial charge in [0.05, 0.1) is 23.2 Å². The number of aliphatic hydroxyl groups excluding tert-OH is 2. The molecule has 1 saturated heterocycles. The van der Waals surface area contributed by atoms with Crippen LogP contribution in [0, 0.1) is 23.6 Å². The van der Waals surface area contributed by atoms with Gasteiger partial charge >= 0.3 is 0 Å². The van der Waals surface area contributed by atoms with Gasteiger partial charge in [0.15, 0.2) is 5.78 Å². The van der Waals surface area contributed by atoms with Crippen molar-refractivity contribution in [2.24, 2.45) is 5.92 Å². The molecule has 43 heavy (non-hydrogen) atoms. The molecule has 2 aliphatic heterocycles. The van der Waals surface area contributed by atoms with Crippen LogP contribution in [0.2, 0.25) is 10.0 Å². The topological polar surface area (TPSA) is 122 Å². The summed E-state index contributed by atoms with van der Waals surface area (Å²) < 4.78 is 15.9. The zero-order valence-corrected chi connectivity index (χ0v) is 25.2. The minimum absolute atomic E-state index is 0.0620. The van der Waals surface area contributed by atoms with E-state index in [9.17, 15) is 14.7 Å². The van der Waals surface area contributed by atoms with E-state index in [2.05, 4.69) is 17.2 Å². The number of halogens is 3. The van der Waals surface area contributed by atoms with Gasteiger partial charge in [0.25, 0.3) is 0 Å². The van der Waals surface area contributed by atoms with Crippen molar-refractivity contribution in [3.05, 3.63) is 99.3 Å². The maximum Gasteiger partial charge on any atom is 0.237 e. The van der Waals surface area contributed by atoms with Crippen LogP contribution in [-0.4, -0.2) is 41.2 Å². The van der Waals surface area contributed by atoms with Gasteiger partial charge in [-0.05, 0) is 66.5 Å². The van der Waals surface area contributed by atoms with E-state index in [1.54, 1.807) is 30.3 Å². The van der Waals surface area contributed by atoms with Gasteiger partial charge in [0, 0.05) is 36.7 Å². The highest BCUT2D eigenvalue weighted by Gasteiger charge is 2.66. The zero-order valence-electron chi connectivity index (χ0n) is 23.6. The number of anilines is 1. The van der Waals surface area contributed by atoms with Gasteiger partial charge in [0.1, 0.15) is 11.2 Å². The molecule has 7 nitrogen and oxygen atoms in total. The molecular formula is C33H34Cl2FN3O4. The number of carbonyl (C=O) groups excluding carboxylic acids is 2. The third kappa shape index (κ3) is 5.93. The quantitative estimate of drug-likeness (QED) is 0.273. The van der Waals surface area contributed by atoms with E-state index < -0.39 is 29.2 Å². The van der Waals surface area contributed by atoms with E-state index >= 15 is 4.39 Å². The summed E-state index contributed by atoms with van der Waals surface area (Å²) in [6.07, 6.45) is 2.79. The Morgan fingerprint density at radius 3 is 2.37 bits per heavy atom. The molecular weight excluding hydrogens is 592 g/mol. The van der Waals surface area contributed by atoms with Gasteiger partial charge < -0.3 is 15.5 Å². The van der Waals surface area contributed by atoms with Crippen LogP contribution in [0.15, 0.2) is 66.7 Å². The van der Waals surface area contributed by atoms with E-state index in [4.69, 9.17) is 33.6 Å². The number of ketones is 1. The standard InChI is InChI=1S/C31H29Cl2FN2O3.CHN.CH4O/c32-19-11-14-22-24(16-19)35-30(39)31(22)26(21-7-4-8-23(33)27(21)34)28(36-29(31)18-5-2-1-3-6-18)25(38)15-17-9-12-20(37)13-10-17;2*1-2/h1-8,11,14,16-17,20,26,28-29,36-37H,9-10,12-13,15H2,(H,35,39);1H;2H,1H3. The lowest BCUT2D eigenvalue weighted by molar-refractivity contribution is -0.123. The van der Waals surface area contributed by atoms with Crippen LogP contribution in [0.3, 0.4) is 0 Å². The first-order valence-corrected chi connectivity index (χ1v) is 14.8. The molecule has 0 aromatic heterocycles. The van der Waals surface area contributed by atoms with Crippen molar-refractivity contribution in [3.8, 4) is 6.57 Å². The maximum atomic E-state index is 15.9. The Labute approximate surface area is 260 Å². The molecule has 6 rings (SSSR count). The lowest BCUT2D eigenvalue weighted by Crippen LogP contribution is -2.44. The number of nitriles is 1. The number of hydrogen-bond donors (Lipinski definition) is 4. The summed E-state index contributed by atoms with van der Waals surface area (Å²) >= 11 is 12.6. The number of Topliss-reactive ketones (excluding diaryl/α,β-unsaturated/α-hetero) is 1. The summed E-state index contributed by atoms with van der Waals surface area (Å²) in [4.78, 5) is 28.4. The number of carbonyl (C=O) groups is 2. The average molecular weight is 627 g/mol. The molecule has 1 aliphatic carbocycles. The monoisotopic (exact) mass is 625 g/mol. The third-order valence-electron chi connectivity index (χ3n) is 8.78. The molecule has 2 heterocycles.